The van der Waals surface area contributed by atoms with Crippen LogP contribution in [0, 0.1) is 0 Å². The summed E-state index contributed by atoms with van der Waals surface area (Å²) in [4.78, 5) is 23.0. The lowest BCUT2D eigenvalue weighted by molar-refractivity contribution is -0.154. The minimum Gasteiger partial charge on any atom is -0.480 e. The topological polar surface area (TPSA) is 107 Å². The molecular weight excluding hydrogens is 298 g/mol. The molecule has 0 spiro atoms. The molecule has 1 aromatic heterocycles. The van der Waals surface area contributed by atoms with Gasteiger partial charge in [0.1, 0.15) is 11.6 Å². The molecule has 23 heavy (non-hydrogen) atoms. The number of hydrogen-bond donors (Lipinski definition) is 2. The van der Waals surface area contributed by atoms with Crippen LogP contribution < -0.4 is 5.73 Å². The highest BCUT2D eigenvalue weighted by atomic mass is 16.6. The molecule has 0 bridgehead atoms. The summed E-state index contributed by atoms with van der Waals surface area (Å²) in [5, 5.41) is 14.1. The predicted molar refractivity (Wildman–Crippen MR) is 84.9 cm³/mol. The highest BCUT2D eigenvalue weighted by Crippen LogP contribution is 2.20. The summed E-state index contributed by atoms with van der Waals surface area (Å²) in [6.07, 6.45) is 0.0209. The minimum atomic E-state index is -1.10. The Morgan fingerprint density at radius 3 is 2.61 bits per heavy atom. The molecule has 2 rings (SSSR count). The molecule has 1 aromatic carbocycles. The van der Waals surface area contributed by atoms with E-state index in [9.17, 15) is 9.59 Å². The van der Waals surface area contributed by atoms with Crippen molar-refractivity contribution in [1.82, 2.24) is 9.78 Å². The smallest absolute Gasteiger partial charge is 0.322 e. The van der Waals surface area contributed by atoms with Crippen molar-refractivity contribution in [3.63, 3.8) is 0 Å². The number of carbonyl (C=O) groups is 2. The van der Waals surface area contributed by atoms with Crippen LogP contribution in [0.3, 0.4) is 0 Å². The molecule has 2 aromatic rings. The third-order valence-electron chi connectivity index (χ3n) is 3.15. The van der Waals surface area contributed by atoms with Crippen LogP contribution in [-0.4, -0.2) is 38.5 Å². The van der Waals surface area contributed by atoms with Crippen molar-refractivity contribution in [2.45, 2.75) is 45.4 Å². The molecule has 0 aliphatic carbocycles. The maximum absolute atomic E-state index is 12.0. The molecule has 0 saturated heterocycles. The largest absolute Gasteiger partial charge is 0.480 e. The van der Waals surface area contributed by atoms with Crippen LogP contribution in [0.1, 0.15) is 26.5 Å². The number of benzene rings is 1. The zero-order valence-electron chi connectivity index (χ0n) is 13.4. The maximum Gasteiger partial charge on any atom is 0.322 e. The molecule has 1 unspecified atom stereocenters. The molecule has 0 aliphatic rings. The Hall–Kier alpha value is -2.41. The first-order valence-corrected chi connectivity index (χ1v) is 7.32. The van der Waals surface area contributed by atoms with Gasteiger partial charge in [0.05, 0.1) is 24.2 Å². The van der Waals surface area contributed by atoms with Crippen LogP contribution in [0.25, 0.3) is 10.9 Å². The Morgan fingerprint density at radius 2 is 2.00 bits per heavy atom. The Morgan fingerprint density at radius 1 is 1.35 bits per heavy atom. The lowest BCUT2D eigenvalue weighted by atomic mass is 10.1. The van der Waals surface area contributed by atoms with E-state index in [1.165, 1.54) is 4.68 Å². The quantitative estimate of drug-likeness (QED) is 0.805. The summed E-state index contributed by atoms with van der Waals surface area (Å²) < 4.78 is 6.83. The van der Waals surface area contributed by atoms with Gasteiger partial charge in [0.25, 0.3) is 0 Å². The van der Waals surface area contributed by atoms with Gasteiger partial charge in [-0.05, 0) is 26.8 Å². The van der Waals surface area contributed by atoms with E-state index >= 15 is 0 Å². The second-order valence-corrected chi connectivity index (χ2v) is 6.35. The fourth-order valence-electron chi connectivity index (χ4n) is 2.24. The minimum absolute atomic E-state index is 0.0209. The molecule has 124 valence electrons. The van der Waals surface area contributed by atoms with E-state index in [4.69, 9.17) is 15.6 Å². The molecule has 0 fully saturated rings. The average molecular weight is 319 g/mol. The number of nitrogens with two attached hydrogens (primary N) is 1. The lowest BCUT2D eigenvalue weighted by Gasteiger charge is -2.19. The van der Waals surface area contributed by atoms with Gasteiger partial charge in [-0.2, -0.15) is 5.10 Å². The van der Waals surface area contributed by atoms with Crippen molar-refractivity contribution in [2.75, 3.05) is 0 Å². The summed E-state index contributed by atoms with van der Waals surface area (Å²) in [7, 11) is 0. The van der Waals surface area contributed by atoms with Crippen molar-refractivity contribution >= 4 is 22.8 Å². The second-order valence-electron chi connectivity index (χ2n) is 6.35. The van der Waals surface area contributed by atoms with Gasteiger partial charge < -0.3 is 15.6 Å². The molecular formula is C16H21N3O4. The summed E-state index contributed by atoms with van der Waals surface area (Å²) in [5.41, 5.74) is 6.30. The van der Waals surface area contributed by atoms with Crippen molar-refractivity contribution in [1.29, 1.82) is 0 Å². The van der Waals surface area contributed by atoms with Crippen molar-refractivity contribution in [2.24, 2.45) is 5.73 Å². The van der Waals surface area contributed by atoms with Crippen LogP contribution in [-0.2, 0) is 27.3 Å². The number of hydrogen-bond acceptors (Lipinski definition) is 5. The van der Waals surface area contributed by atoms with Gasteiger partial charge >= 0.3 is 11.9 Å². The number of ether oxygens (including phenoxy) is 1. The van der Waals surface area contributed by atoms with Gasteiger partial charge in [0.15, 0.2) is 0 Å². The van der Waals surface area contributed by atoms with E-state index < -0.39 is 17.6 Å². The van der Waals surface area contributed by atoms with Gasteiger partial charge in [0.2, 0.25) is 0 Å². The van der Waals surface area contributed by atoms with Gasteiger partial charge in [-0.1, -0.05) is 18.2 Å². The average Bonchev–Trinajstić information content (AvgIpc) is 2.75. The maximum atomic E-state index is 12.0. The SMILES string of the molecule is CC(C)(C)OC(=O)Cc1nn(CC(N)C(=O)O)c2ccccc12. The first kappa shape index (κ1) is 17.0. The molecule has 1 atom stereocenters. The number of para-hydroxylation sites is 1. The first-order valence-electron chi connectivity index (χ1n) is 7.32. The van der Waals surface area contributed by atoms with E-state index in [-0.39, 0.29) is 18.9 Å². The van der Waals surface area contributed by atoms with Crippen LogP contribution in [0.5, 0.6) is 0 Å². The Kier molecular flexibility index (Phi) is 4.70. The molecule has 1 heterocycles. The third-order valence-corrected chi connectivity index (χ3v) is 3.15. The molecule has 7 heteroatoms. The van der Waals surface area contributed by atoms with Crippen LogP contribution in [0.2, 0.25) is 0 Å². The number of carboxylic acid groups (broad SMARTS) is 1. The number of aliphatic carboxylic acids is 1. The fourth-order valence-corrected chi connectivity index (χ4v) is 2.24. The standard InChI is InChI=1S/C16H21N3O4/c1-16(2,3)23-14(20)8-12-10-6-4-5-7-13(10)19(18-12)9-11(17)15(21)22/h4-7,11H,8-9,17H2,1-3H3,(H,21,22). The second kappa shape index (κ2) is 6.37. The molecule has 0 aliphatic heterocycles. The zero-order valence-corrected chi connectivity index (χ0v) is 13.4. The van der Waals surface area contributed by atoms with E-state index in [1.807, 2.05) is 24.3 Å². The monoisotopic (exact) mass is 319 g/mol. The van der Waals surface area contributed by atoms with Crippen molar-refractivity contribution in [3.05, 3.63) is 30.0 Å². The van der Waals surface area contributed by atoms with E-state index in [0.717, 1.165) is 10.9 Å². The van der Waals surface area contributed by atoms with Crippen LogP contribution in [0.15, 0.2) is 24.3 Å². The van der Waals surface area contributed by atoms with Gasteiger partial charge in [-0.3, -0.25) is 14.3 Å². The van der Waals surface area contributed by atoms with Crippen molar-refractivity contribution in [3.8, 4) is 0 Å². The van der Waals surface area contributed by atoms with Crippen LogP contribution >= 0.6 is 0 Å². The van der Waals surface area contributed by atoms with Crippen molar-refractivity contribution < 1.29 is 19.4 Å². The summed E-state index contributed by atoms with van der Waals surface area (Å²) in [6, 6.07) is 6.25. The molecule has 7 nitrogen and oxygen atoms in total. The number of carboxylic acids is 1. The zero-order chi connectivity index (χ0) is 17.2. The number of rotatable bonds is 5. The van der Waals surface area contributed by atoms with E-state index in [0.29, 0.717) is 5.69 Å². The normalized spacial score (nSPS) is 13.0. The predicted octanol–water partition coefficient (Wildman–Crippen LogP) is 1.33. The number of carbonyl (C=O) groups excluding carboxylic acids is 1. The summed E-state index contributed by atoms with van der Waals surface area (Å²) >= 11 is 0. The number of aromatic nitrogens is 2. The number of fused-ring (bicyclic) bond motifs is 1. The molecule has 3 N–H and O–H groups in total. The lowest BCUT2D eigenvalue weighted by Crippen LogP contribution is -2.35. The van der Waals surface area contributed by atoms with Gasteiger partial charge in [-0.25, -0.2) is 0 Å². The highest BCUT2D eigenvalue weighted by molar-refractivity contribution is 5.86. The highest BCUT2D eigenvalue weighted by Gasteiger charge is 2.21. The van der Waals surface area contributed by atoms with Crippen LogP contribution in [0.4, 0.5) is 0 Å². The Labute approximate surface area is 134 Å². The Balaban J connectivity index is 2.30. The summed E-state index contributed by atoms with van der Waals surface area (Å²) in [6.45, 7) is 5.43. The third kappa shape index (κ3) is 4.29. The van der Waals surface area contributed by atoms with E-state index in [2.05, 4.69) is 5.10 Å². The molecule has 0 radical (unpaired) electrons. The van der Waals surface area contributed by atoms with Gasteiger partial charge in [0, 0.05) is 5.39 Å². The van der Waals surface area contributed by atoms with E-state index in [1.54, 1.807) is 20.8 Å². The number of nitrogens with zero attached hydrogens (tertiary/aromatic N) is 2. The molecule has 0 amide bonds. The summed E-state index contributed by atoms with van der Waals surface area (Å²) in [5.74, 6) is -1.48. The fraction of sp³-hybridized carbons (Fsp3) is 0.438. The Bertz CT molecular complexity index is 730. The first-order chi connectivity index (χ1) is 10.7. The van der Waals surface area contributed by atoms with Gasteiger partial charge in [-0.15, -0.1) is 0 Å². The molecule has 0 saturated carbocycles. The number of esters is 1.